The van der Waals surface area contributed by atoms with E-state index in [9.17, 15) is 0 Å². The van der Waals surface area contributed by atoms with Crippen LogP contribution in [0.3, 0.4) is 0 Å². The van der Waals surface area contributed by atoms with E-state index in [2.05, 4.69) is 88.5 Å². The molecule has 106 valence electrons. The van der Waals surface area contributed by atoms with Crippen LogP contribution in [0.4, 0.5) is 11.4 Å². The maximum absolute atomic E-state index is 3.45. The number of nitrogens with one attached hydrogen (secondary N) is 1. The Morgan fingerprint density at radius 2 is 1.50 bits per heavy atom. The minimum atomic E-state index is 0.845. The van der Waals surface area contributed by atoms with Crippen LogP contribution in [-0.4, -0.2) is 13.1 Å². The van der Waals surface area contributed by atoms with Crippen LogP contribution in [0.15, 0.2) is 53.0 Å². The first kappa shape index (κ1) is 14.9. The van der Waals surface area contributed by atoms with Crippen molar-refractivity contribution in [3.8, 4) is 0 Å². The Labute approximate surface area is 129 Å². The van der Waals surface area contributed by atoms with E-state index >= 15 is 0 Å². The Kier molecular flexibility index (Phi) is 5.48. The molecular formula is C17H21BrN2. The van der Waals surface area contributed by atoms with Gasteiger partial charge in [-0.2, -0.15) is 0 Å². The van der Waals surface area contributed by atoms with Gasteiger partial charge in [0.2, 0.25) is 0 Å². The van der Waals surface area contributed by atoms with Crippen LogP contribution in [-0.2, 0) is 6.54 Å². The summed E-state index contributed by atoms with van der Waals surface area (Å²) >= 11 is 3.45. The van der Waals surface area contributed by atoms with E-state index in [0.717, 1.165) is 29.8 Å². The highest BCUT2D eigenvalue weighted by Gasteiger charge is 2.01. The highest BCUT2D eigenvalue weighted by Crippen LogP contribution is 2.18. The second kappa shape index (κ2) is 7.34. The molecule has 0 unspecified atom stereocenters. The average molecular weight is 333 g/mol. The lowest BCUT2D eigenvalue weighted by molar-refractivity contribution is 0.866. The molecule has 0 amide bonds. The zero-order chi connectivity index (χ0) is 14.4. The molecule has 0 aliphatic carbocycles. The van der Waals surface area contributed by atoms with Crippen molar-refractivity contribution in [2.24, 2.45) is 0 Å². The predicted molar refractivity (Wildman–Crippen MR) is 91.5 cm³/mol. The lowest BCUT2D eigenvalue weighted by Gasteiger charge is -2.21. The lowest BCUT2D eigenvalue weighted by atomic mass is 10.2. The third-order valence-corrected chi connectivity index (χ3v) is 3.93. The van der Waals surface area contributed by atoms with Crippen LogP contribution >= 0.6 is 15.9 Å². The molecule has 2 nitrogen and oxygen atoms in total. The summed E-state index contributed by atoms with van der Waals surface area (Å²) < 4.78 is 1.12. The smallest absolute Gasteiger partial charge is 0.0400 e. The number of nitrogens with zero attached hydrogens (tertiary/aromatic N) is 1. The summed E-state index contributed by atoms with van der Waals surface area (Å²) in [6, 6.07) is 17.0. The second-order valence-corrected chi connectivity index (χ2v) is 5.61. The fraction of sp³-hybridized carbons (Fsp3) is 0.294. The molecule has 0 saturated carbocycles. The van der Waals surface area contributed by atoms with Gasteiger partial charge in [0.05, 0.1) is 0 Å². The number of anilines is 2. The van der Waals surface area contributed by atoms with Gasteiger partial charge >= 0.3 is 0 Å². The molecule has 2 aromatic carbocycles. The van der Waals surface area contributed by atoms with E-state index < -0.39 is 0 Å². The fourth-order valence-electron chi connectivity index (χ4n) is 2.19. The van der Waals surface area contributed by atoms with E-state index in [1.165, 1.54) is 11.3 Å². The zero-order valence-corrected chi connectivity index (χ0v) is 13.7. The molecule has 2 rings (SSSR count). The van der Waals surface area contributed by atoms with Crippen LogP contribution < -0.4 is 10.2 Å². The van der Waals surface area contributed by atoms with Crippen molar-refractivity contribution in [1.82, 2.24) is 0 Å². The predicted octanol–water partition coefficient (Wildman–Crippen LogP) is 4.91. The largest absolute Gasteiger partial charge is 0.381 e. The number of hydrogen-bond acceptors (Lipinski definition) is 2. The minimum absolute atomic E-state index is 0.845. The highest BCUT2D eigenvalue weighted by molar-refractivity contribution is 9.10. The maximum atomic E-state index is 3.45. The first-order valence-corrected chi connectivity index (χ1v) is 7.85. The monoisotopic (exact) mass is 332 g/mol. The maximum Gasteiger partial charge on any atom is 0.0400 e. The van der Waals surface area contributed by atoms with Crippen molar-refractivity contribution < 1.29 is 0 Å². The molecule has 0 bridgehead atoms. The minimum Gasteiger partial charge on any atom is -0.381 e. The van der Waals surface area contributed by atoms with Crippen molar-refractivity contribution in [3.05, 3.63) is 58.6 Å². The Morgan fingerprint density at radius 3 is 2.05 bits per heavy atom. The quantitative estimate of drug-likeness (QED) is 0.808. The first-order valence-electron chi connectivity index (χ1n) is 7.06. The first-order chi connectivity index (χ1) is 9.72. The molecule has 0 spiro atoms. The van der Waals surface area contributed by atoms with Gasteiger partial charge in [-0.25, -0.2) is 0 Å². The second-order valence-electron chi connectivity index (χ2n) is 4.70. The molecule has 0 aromatic heterocycles. The number of hydrogen-bond donors (Lipinski definition) is 1. The normalized spacial score (nSPS) is 10.3. The van der Waals surface area contributed by atoms with Crippen molar-refractivity contribution >= 4 is 27.3 Å². The van der Waals surface area contributed by atoms with Gasteiger partial charge in [-0.15, -0.1) is 0 Å². The molecule has 0 atom stereocenters. The summed E-state index contributed by atoms with van der Waals surface area (Å²) in [7, 11) is 0. The third kappa shape index (κ3) is 4.01. The Morgan fingerprint density at radius 1 is 0.900 bits per heavy atom. The SMILES string of the molecule is CCN(CC)c1ccc(NCc2ccc(Br)cc2)cc1. The summed E-state index contributed by atoms with van der Waals surface area (Å²) in [5, 5.41) is 3.45. The Bertz CT molecular complexity index is 516. The average Bonchev–Trinajstić information content (AvgIpc) is 2.49. The Balaban J connectivity index is 1.95. The van der Waals surface area contributed by atoms with Gasteiger partial charge < -0.3 is 10.2 Å². The van der Waals surface area contributed by atoms with Crippen LogP contribution in [0, 0.1) is 0 Å². The molecule has 0 aliphatic rings. The molecule has 2 aromatic rings. The Hall–Kier alpha value is -1.48. The standard InChI is InChI=1S/C17H21BrN2/c1-3-20(4-2)17-11-9-16(10-12-17)19-13-14-5-7-15(18)8-6-14/h5-12,19H,3-4,13H2,1-2H3. The molecule has 0 fully saturated rings. The lowest BCUT2D eigenvalue weighted by Crippen LogP contribution is -2.21. The molecule has 1 N–H and O–H groups in total. The van der Waals surface area contributed by atoms with Gasteiger partial charge in [0.15, 0.2) is 0 Å². The van der Waals surface area contributed by atoms with Crippen molar-refractivity contribution in [1.29, 1.82) is 0 Å². The fourth-order valence-corrected chi connectivity index (χ4v) is 2.45. The van der Waals surface area contributed by atoms with Gasteiger partial charge in [-0.1, -0.05) is 28.1 Å². The summed E-state index contributed by atoms with van der Waals surface area (Å²) in [6.07, 6.45) is 0. The topological polar surface area (TPSA) is 15.3 Å². The van der Waals surface area contributed by atoms with Gasteiger partial charge in [-0.3, -0.25) is 0 Å². The molecule has 0 radical (unpaired) electrons. The number of halogens is 1. The van der Waals surface area contributed by atoms with Gasteiger partial charge in [0.25, 0.3) is 0 Å². The van der Waals surface area contributed by atoms with Crippen LogP contribution in [0.2, 0.25) is 0 Å². The van der Waals surface area contributed by atoms with E-state index in [1.807, 2.05) is 0 Å². The molecule has 3 heteroatoms. The molecular weight excluding hydrogens is 312 g/mol. The van der Waals surface area contributed by atoms with Crippen LogP contribution in [0.25, 0.3) is 0 Å². The molecule has 0 aliphatic heterocycles. The molecule has 20 heavy (non-hydrogen) atoms. The van der Waals surface area contributed by atoms with Crippen molar-refractivity contribution in [2.45, 2.75) is 20.4 Å². The van der Waals surface area contributed by atoms with Gasteiger partial charge in [0.1, 0.15) is 0 Å². The van der Waals surface area contributed by atoms with Crippen LogP contribution in [0.5, 0.6) is 0 Å². The van der Waals surface area contributed by atoms with Crippen molar-refractivity contribution in [3.63, 3.8) is 0 Å². The van der Waals surface area contributed by atoms with E-state index in [0.29, 0.717) is 0 Å². The summed E-state index contributed by atoms with van der Waals surface area (Å²) in [5.41, 5.74) is 3.72. The highest BCUT2D eigenvalue weighted by atomic mass is 79.9. The van der Waals surface area contributed by atoms with E-state index in [4.69, 9.17) is 0 Å². The summed E-state index contributed by atoms with van der Waals surface area (Å²) in [5.74, 6) is 0. The molecule has 0 saturated heterocycles. The number of rotatable bonds is 6. The number of benzene rings is 2. The van der Waals surface area contributed by atoms with E-state index in [-0.39, 0.29) is 0 Å². The van der Waals surface area contributed by atoms with Gasteiger partial charge in [0, 0.05) is 35.5 Å². The summed E-state index contributed by atoms with van der Waals surface area (Å²) in [4.78, 5) is 2.35. The zero-order valence-electron chi connectivity index (χ0n) is 12.1. The van der Waals surface area contributed by atoms with Gasteiger partial charge in [-0.05, 0) is 55.8 Å². The third-order valence-electron chi connectivity index (χ3n) is 3.41. The van der Waals surface area contributed by atoms with Crippen LogP contribution in [0.1, 0.15) is 19.4 Å². The molecule has 0 heterocycles. The van der Waals surface area contributed by atoms with E-state index in [1.54, 1.807) is 0 Å². The van der Waals surface area contributed by atoms with Crippen molar-refractivity contribution in [2.75, 3.05) is 23.3 Å². The summed E-state index contributed by atoms with van der Waals surface area (Å²) in [6.45, 7) is 7.30.